The van der Waals surface area contributed by atoms with Crippen molar-refractivity contribution in [1.29, 1.82) is 0 Å². The van der Waals surface area contributed by atoms with Gasteiger partial charge >= 0.3 is 0 Å². The highest BCUT2D eigenvalue weighted by Crippen LogP contribution is 2.28. The molecule has 8 heteroatoms. The summed E-state index contributed by atoms with van der Waals surface area (Å²) in [5, 5.41) is 5.41. The molecular formula is C16H14N4O4. The number of ketones is 1. The Morgan fingerprint density at radius 1 is 1.25 bits per heavy atom. The third kappa shape index (κ3) is 3.37. The molecule has 122 valence electrons. The van der Waals surface area contributed by atoms with Crippen LogP contribution in [0.3, 0.4) is 0 Å². The van der Waals surface area contributed by atoms with E-state index in [0.717, 1.165) is 5.56 Å². The zero-order valence-electron chi connectivity index (χ0n) is 12.8. The van der Waals surface area contributed by atoms with E-state index in [4.69, 9.17) is 4.74 Å². The average Bonchev–Trinajstić information content (AvgIpc) is 2.59. The molecular weight excluding hydrogens is 312 g/mol. The second-order valence-corrected chi connectivity index (χ2v) is 5.19. The first-order valence-electron chi connectivity index (χ1n) is 7.19. The molecule has 24 heavy (non-hydrogen) atoms. The van der Waals surface area contributed by atoms with E-state index in [1.807, 2.05) is 0 Å². The summed E-state index contributed by atoms with van der Waals surface area (Å²) in [5.41, 5.74) is 1.65. The van der Waals surface area contributed by atoms with Crippen LogP contribution in [0.25, 0.3) is 0 Å². The highest BCUT2D eigenvalue weighted by atomic mass is 16.5. The van der Waals surface area contributed by atoms with Gasteiger partial charge in [0.15, 0.2) is 12.4 Å². The maximum absolute atomic E-state index is 12.1. The van der Waals surface area contributed by atoms with Crippen molar-refractivity contribution in [2.45, 2.75) is 13.5 Å². The van der Waals surface area contributed by atoms with Crippen LogP contribution in [0, 0.1) is 0 Å². The van der Waals surface area contributed by atoms with Crippen molar-refractivity contribution in [3.8, 4) is 5.75 Å². The Kier molecular flexibility index (Phi) is 4.19. The van der Waals surface area contributed by atoms with Gasteiger partial charge in [-0.25, -0.2) is 9.97 Å². The van der Waals surface area contributed by atoms with Gasteiger partial charge in [0.05, 0.1) is 5.69 Å². The van der Waals surface area contributed by atoms with Crippen LogP contribution < -0.4 is 15.4 Å². The molecule has 2 amide bonds. The number of carbonyl (C=O) groups excluding carboxylic acids is 3. The summed E-state index contributed by atoms with van der Waals surface area (Å²) in [4.78, 5) is 42.4. The lowest BCUT2D eigenvalue weighted by Crippen LogP contribution is -2.26. The molecule has 0 atom stereocenters. The number of nitrogens with zero attached hydrogens (tertiary/aromatic N) is 2. The van der Waals surface area contributed by atoms with E-state index in [0.29, 0.717) is 11.4 Å². The minimum Gasteiger partial charge on any atom is -0.482 e. The minimum atomic E-state index is -0.419. The number of hydrogen-bond acceptors (Lipinski definition) is 6. The first-order valence-corrected chi connectivity index (χ1v) is 7.19. The zero-order valence-corrected chi connectivity index (χ0v) is 12.8. The molecule has 3 rings (SSSR count). The van der Waals surface area contributed by atoms with Crippen LogP contribution in [0.1, 0.15) is 33.5 Å². The molecule has 2 heterocycles. The Bertz CT molecular complexity index is 835. The Balaban J connectivity index is 1.68. The Morgan fingerprint density at radius 2 is 2.04 bits per heavy atom. The topological polar surface area (TPSA) is 110 Å². The fourth-order valence-corrected chi connectivity index (χ4v) is 2.19. The van der Waals surface area contributed by atoms with Crippen molar-refractivity contribution in [3.05, 3.63) is 47.5 Å². The van der Waals surface area contributed by atoms with Crippen molar-refractivity contribution in [1.82, 2.24) is 15.3 Å². The molecule has 0 aliphatic carbocycles. The number of aromatic nitrogens is 2. The van der Waals surface area contributed by atoms with E-state index < -0.39 is 5.91 Å². The lowest BCUT2D eigenvalue weighted by atomic mass is 10.1. The van der Waals surface area contributed by atoms with Crippen molar-refractivity contribution < 1.29 is 19.1 Å². The van der Waals surface area contributed by atoms with Gasteiger partial charge in [-0.1, -0.05) is 6.07 Å². The summed E-state index contributed by atoms with van der Waals surface area (Å²) in [5.74, 6) is -0.289. The second kappa shape index (κ2) is 6.45. The van der Waals surface area contributed by atoms with Gasteiger partial charge in [-0.3, -0.25) is 14.4 Å². The minimum absolute atomic E-state index is 0.00469. The Labute approximate surface area is 137 Å². The van der Waals surface area contributed by atoms with Gasteiger partial charge in [-0.15, -0.1) is 0 Å². The van der Waals surface area contributed by atoms with Gasteiger partial charge in [0.25, 0.3) is 11.8 Å². The van der Waals surface area contributed by atoms with E-state index in [9.17, 15) is 14.4 Å². The summed E-state index contributed by atoms with van der Waals surface area (Å²) < 4.78 is 5.27. The predicted octanol–water partition coefficient (Wildman–Crippen LogP) is 0.940. The maximum Gasteiger partial charge on any atom is 0.270 e. The smallest absolute Gasteiger partial charge is 0.270 e. The number of benzene rings is 1. The summed E-state index contributed by atoms with van der Waals surface area (Å²) in [6.07, 6.45) is 1.18. The molecule has 1 aliphatic heterocycles. The monoisotopic (exact) mass is 326 g/mol. The first kappa shape index (κ1) is 15.6. The van der Waals surface area contributed by atoms with Crippen molar-refractivity contribution >= 4 is 23.3 Å². The third-order valence-electron chi connectivity index (χ3n) is 3.39. The van der Waals surface area contributed by atoms with E-state index in [1.165, 1.54) is 19.3 Å². The van der Waals surface area contributed by atoms with Gasteiger partial charge < -0.3 is 15.4 Å². The summed E-state index contributed by atoms with van der Waals surface area (Å²) >= 11 is 0. The molecule has 0 saturated carbocycles. The summed E-state index contributed by atoms with van der Waals surface area (Å²) in [6, 6.07) is 6.60. The number of nitrogens with one attached hydrogen (secondary N) is 2. The third-order valence-corrected chi connectivity index (χ3v) is 3.39. The molecule has 2 aromatic rings. The number of amides is 2. The van der Waals surface area contributed by atoms with E-state index >= 15 is 0 Å². The molecule has 0 bridgehead atoms. The van der Waals surface area contributed by atoms with Crippen LogP contribution in [-0.2, 0) is 11.3 Å². The highest BCUT2D eigenvalue weighted by molar-refractivity contribution is 5.97. The molecule has 1 aliphatic rings. The Morgan fingerprint density at radius 3 is 2.83 bits per heavy atom. The quantitative estimate of drug-likeness (QED) is 0.809. The van der Waals surface area contributed by atoms with Crippen LogP contribution >= 0.6 is 0 Å². The molecule has 0 unspecified atom stereocenters. The summed E-state index contributed by atoms with van der Waals surface area (Å²) in [7, 11) is 0. The lowest BCUT2D eigenvalue weighted by Gasteiger charge is -2.18. The lowest BCUT2D eigenvalue weighted by molar-refractivity contribution is -0.118. The van der Waals surface area contributed by atoms with E-state index in [2.05, 4.69) is 20.6 Å². The van der Waals surface area contributed by atoms with E-state index in [-0.39, 0.29) is 36.2 Å². The van der Waals surface area contributed by atoms with Crippen molar-refractivity contribution in [2.24, 2.45) is 0 Å². The number of fused-ring (bicyclic) bond motifs is 1. The van der Waals surface area contributed by atoms with Crippen LogP contribution in [0.5, 0.6) is 5.75 Å². The highest BCUT2D eigenvalue weighted by Gasteiger charge is 2.16. The standard InChI is InChI=1S/C16H14N4O4/c1-9(21)11-5-13(19-8-18-11)16(23)17-6-10-2-3-14-12(4-10)20-15(22)7-24-14/h2-5,8H,6-7H2,1H3,(H,17,23)(H,20,22). The number of rotatable bonds is 4. The van der Waals surface area contributed by atoms with Crippen LogP contribution in [0.15, 0.2) is 30.6 Å². The molecule has 0 fully saturated rings. The molecule has 0 radical (unpaired) electrons. The largest absolute Gasteiger partial charge is 0.482 e. The van der Waals surface area contributed by atoms with Gasteiger partial charge in [0, 0.05) is 13.5 Å². The number of carbonyl (C=O) groups is 3. The molecule has 0 saturated heterocycles. The van der Waals surface area contributed by atoms with Gasteiger partial charge in [0.2, 0.25) is 0 Å². The van der Waals surface area contributed by atoms with E-state index in [1.54, 1.807) is 18.2 Å². The summed E-state index contributed by atoms with van der Waals surface area (Å²) in [6.45, 7) is 1.60. The van der Waals surface area contributed by atoms with Gasteiger partial charge in [-0.2, -0.15) is 0 Å². The SMILES string of the molecule is CC(=O)c1cc(C(=O)NCc2ccc3c(c2)NC(=O)CO3)ncn1. The first-order chi connectivity index (χ1) is 11.5. The normalized spacial score (nSPS) is 12.6. The van der Waals surface area contributed by atoms with Crippen molar-refractivity contribution in [2.75, 3.05) is 11.9 Å². The second-order valence-electron chi connectivity index (χ2n) is 5.19. The average molecular weight is 326 g/mol. The van der Waals surface area contributed by atoms with Crippen LogP contribution in [-0.4, -0.2) is 34.2 Å². The number of Topliss-reactive ketones (excluding diaryl/α,β-unsaturated/α-hetero) is 1. The predicted molar refractivity (Wildman–Crippen MR) is 83.8 cm³/mol. The maximum atomic E-state index is 12.1. The molecule has 2 N–H and O–H groups in total. The molecule has 0 spiro atoms. The Hall–Kier alpha value is -3.29. The fourth-order valence-electron chi connectivity index (χ4n) is 2.19. The molecule has 8 nitrogen and oxygen atoms in total. The zero-order chi connectivity index (χ0) is 17.1. The number of hydrogen-bond donors (Lipinski definition) is 2. The van der Waals surface area contributed by atoms with Crippen molar-refractivity contribution in [3.63, 3.8) is 0 Å². The van der Waals surface area contributed by atoms with Crippen LogP contribution in [0.4, 0.5) is 5.69 Å². The molecule has 1 aromatic carbocycles. The van der Waals surface area contributed by atoms with Gasteiger partial charge in [0.1, 0.15) is 23.5 Å². The number of ether oxygens (including phenoxy) is 1. The number of anilines is 1. The fraction of sp³-hybridized carbons (Fsp3) is 0.188. The molecule has 1 aromatic heterocycles. The van der Waals surface area contributed by atoms with Crippen LogP contribution in [0.2, 0.25) is 0 Å². The van der Waals surface area contributed by atoms with Gasteiger partial charge in [-0.05, 0) is 23.8 Å².